The molecule has 0 aliphatic heterocycles. The Kier molecular flexibility index (Phi) is 17.7. The molecule has 0 aliphatic carbocycles. The molecule has 0 heterocycles. The molecule has 0 aromatic rings. The number of carbonyl (C=O) groups excluding carboxylic acids is 2. The Balaban J connectivity index is 3.16. The molecule has 0 atom stereocenters. The van der Waals surface area contributed by atoms with Crippen LogP contribution in [0.2, 0.25) is 0 Å². The minimum atomic E-state index is 0.217. The zero-order valence-corrected chi connectivity index (χ0v) is 16.1. The van der Waals surface area contributed by atoms with Gasteiger partial charge in [-0.25, -0.2) is 0 Å². The number of amides is 1. The highest BCUT2D eigenvalue weighted by Gasteiger charge is 2.00. The molecule has 0 aromatic carbocycles. The van der Waals surface area contributed by atoms with Crippen molar-refractivity contribution in [1.29, 1.82) is 0 Å². The molecule has 0 fully saturated rings. The summed E-state index contributed by atoms with van der Waals surface area (Å²) >= 11 is 0. The van der Waals surface area contributed by atoms with Gasteiger partial charge in [0.05, 0.1) is 0 Å². The number of ketones is 1. The molecule has 0 bridgehead atoms. The van der Waals surface area contributed by atoms with E-state index >= 15 is 0 Å². The first-order valence-corrected chi connectivity index (χ1v) is 10.1. The lowest BCUT2D eigenvalue weighted by Gasteiger charge is -2.05. The Morgan fingerprint density at radius 3 is 1.62 bits per heavy atom. The fourth-order valence-corrected chi connectivity index (χ4v) is 2.82. The van der Waals surface area contributed by atoms with Crippen molar-refractivity contribution in [2.24, 2.45) is 0 Å². The van der Waals surface area contributed by atoms with E-state index < -0.39 is 0 Å². The minimum absolute atomic E-state index is 0.217. The summed E-state index contributed by atoms with van der Waals surface area (Å²) in [6.07, 6.45) is 15.6. The molecular formula is C20H40N2O2. The van der Waals surface area contributed by atoms with Crippen molar-refractivity contribution >= 4 is 11.7 Å². The Labute approximate surface area is 149 Å². The fourth-order valence-electron chi connectivity index (χ4n) is 2.82. The van der Waals surface area contributed by atoms with Crippen LogP contribution >= 0.6 is 0 Å². The van der Waals surface area contributed by atoms with Gasteiger partial charge in [0.25, 0.3) is 0 Å². The molecule has 142 valence electrons. The number of nitrogens with one attached hydrogen (secondary N) is 2. The van der Waals surface area contributed by atoms with Crippen molar-refractivity contribution in [3.8, 4) is 0 Å². The largest absolute Gasteiger partial charge is 0.356 e. The number of unbranched alkanes of at least 4 members (excludes halogenated alkanes) is 10. The van der Waals surface area contributed by atoms with E-state index in [2.05, 4.69) is 10.6 Å². The minimum Gasteiger partial charge on any atom is -0.356 e. The van der Waals surface area contributed by atoms with Crippen LogP contribution in [-0.2, 0) is 9.59 Å². The van der Waals surface area contributed by atoms with E-state index in [0.717, 1.165) is 45.2 Å². The molecule has 4 nitrogen and oxygen atoms in total. The van der Waals surface area contributed by atoms with Crippen LogP contribution in [0.3, 0.4) is 0 Å². The van der Waals surface area contributed by atoms with Crippen molar-refractivity contribution in [2.75, 3.05) is 20.1 Å². The number of carbonyl (C=O) groups is 2. The van der Waals surface area contributed by atoms with Crippen LogP contribution in [0.4, 0.5) is 0 Å². The highest BCUT2D eigenvalue weighted by molar-refractivity contribution is 5.75. The van der Waals surface area contributed by atoms with Crippen LogP contribution in [0.25, 0.3) is 0 Å². The average molecular weight is 341 g/mol. The second-order valence-electron chi connectivity index (χ2n) is 6.90. The maximum Gasteiger partial charge on any atom is 0.219 e. The Hall–Kier alpha value is -0.900. The summed E-state index contributed by atoms with van der Waals surface area (Å²) in [6, 6.07) is 0. The van der Waals surface area contributed by atoms with Crippen LogP contribution < -0.4 is 10.6 Å². The monoisotopic (exact) mass is 340 g/mol. The predicted octanol–water partition coefficient (Wildman–Crippen LogP) is 4.37. The first-order chi connectivity index (χ1) is 11.7. The molecule has 0 spiro atoms. The Morgan fingerprint density at radius 2 is 1.08 bits per heavy atom. The number of Topliss-reactive ketones (excluding diaryl/α,β-unsaturated/α-hetero) is 1. The Bertz CT molecular complexity index is 306. The van der Waals surface area contributed by atoms with Gasteiger partial charge in [-0.3, -0.25) is 4.79 Å². The molecule has 0 unspecified atom stereocenters. The van der Waals surface area contributed by atoms with Gasteiger partial charge < -0.3 is 15.4 Å². The SMILES string of the molecule is CNCCCCCCNC(=O)CCCCCCCCCCC(C)=O. The first kappa shape index (κ1) is 23.1. The smallest absolute Gasteiger partial charge is 0.219 e. The molecule has 2 N–H and O–H groups in total. The van der Waals surface area contributed by atoms with Gasteiger partial charge in [0.15, 0.2) is 0 Å². The second-order valence-corrected chi connectivity index (χ2v) is 6.90. The lowest BCUT2D eigenvalue weighted by atomic mass is 10.1. The van der Waals surface area contributed by atoms with Gasteiger partial charge in [0, 0.05) is 19.4 Å². The molecule has 0 saturated carbocycles. The highest BCUT2D eigenvalue weighted by atomic mass is 16.1. The second kappa shape index (κ2) is 18.4. The van der Waals surface area contributed by atoms with Crippen molar-refractivity contribution in [1.82, 2.24) is 10.6 Å². The van der Waals surface area contributed by atoms with Gasteiger partial charge in [-0.15, -0.1) is 0 Å². The summed E-state index contributed by atoms with van der Waals surface area (Å²) in [5.74, 6) is 0.525. The van der Waals surface area contributed by atoms with E-state index in [-0.39, 0.29) is 5.91 Å². The van der Waals surface area contributed by atoms with Gasteiger partial charge >= 0.3 is 0 Å². The van der Waals surface area contributed by atoms with Gasteiger partial charge in [-0.2, -0.15) is 0 Å². The van der Waals surface area contributed by atoms with Gasteiger partial charge in [-0.1, -0.05) is 51.4 Å². The van der Waals surface area contributed by atoms with E-state index in [1.807, 2.05) is 7.05 Å². The molecule has 4 heteroatoms. The third-order valence-electron chi connectivity index (χ3n) is 4.36. The summed E-state index contributed by atoms with van der Waals surface area (Å²) in [7, 11) is 1.98. The van der Waals surface area contributed by atoms with E-state index in [1.54, 1.807) is 6.92 Å². The lowest BCUT2D eigenvalue weighted by molar-refractivity contribution is -0.121. The zero-order valence-electron chi connectivity index (χ0n) is 16.1. The van der Waals surface area contributed by atoms with Crippen LogP contribution in [0.5, 0.6) is 0 Å². The van der Waals surface area contributed by atoms with Gasteiger partial charge in [-0.05, 0) is 46.2 Å². The molecule has 0 saturated heterocycles. The topological polar surface area (TPSA) is 58.2 Å². The summed E-state index contributed by atoms with van der Waals surface area (Å²) in [5.41, 5.74) is 0. The zero-order chi connectivity index (χ0) is 17.9. The standard InChI is InChI=1S/C20H40N2O2/c1-19(23)15-11-7-5-3-4-6-8-12-16-20(24)22-18-14-10-9-13-17-21-2/h21H,3-18H2,1-2H3,(H,22,24). The summed E-state index contributed by atoms with van der Waals surface area (Å²) < 4.78 is 0. The van der Waals surface area contributed by atoms with Crippen molar-refractivity contribution in [3.63, 3.8) is 0 Å². The van der Waals surface area contributed by atoms with E-state index in [4.69, 9.17) is 0 Å². The summed E-state index contributed by atoms with van der Waals surface area (Å²) in [4.78, 5) is 22.5. The Morgan fingerprint density at radius 1 is 0.625 bits per heavy atom. The molecule has 0 aromatic heterocycles. The quantitative estimate of drug-likeness (QED) is 0.364. The maximum absolute atomic E-state index is 11.7. The third-order valence-corrected chi connectivity index (χ3v) is 4.36. The van der Waals surface area contributed by atoms with Crippen LogP contribution in [0, 0.1) is 0 Å². The molecule has 0 rings (SSSR count). The number of hydrogen-bond donors (Lipinski definition) is 2. The molecule has 1 amide bonds. The summed E-state index contributed by atoms with van der Waals surface area (Å²) in [6.45, 7) is 3.59. The molecular weight excluding hydrogens is 300 g/mol. The van der Waals surface area contributed by atoms with Crippen molar-refractivity contribution < 1.29 is 9.59 Å². The normalized spacial score (nSPS) is 10.8. The molecule has 24 heavy (non-hydrogen) atoms. The lowest BCUT2D eigenvalue weighted by Crippen LogP contribution is -2.24. The number of hydrogen-bond acceptors (Lipinski definition) is 3. The molecule has 0 radical (unpaired) electrons. The van der Waals surface area contributed by atoms with Crippen molar-refractivity contribution in [3.05, 3.63) is 0 Å². The van der Waals surface area contributed by atoms with Crippen LogP contribution in [0.1, 0.15) is 96.8 Å². The summed E-state index contributed by atoms with van der Waals surface area (Å²) in [5, 5.41) is 6.17. The van der Waals surface area contributed by atoms with Crippen LogP contribution in [0.15, 0.2) is 0 Å². The van der Waals surface area contributed by atoms with Gasteiger partial charge in [0.2, 0.25) is 5.91 Å². The third kappa shape index (κ3) is 19.1. The van der Waals surface area contributed by atoms with E-state index in [1.165, 1.54) is 51.4 Å². The van der Waals surface area contributed by atoms with Crippen molar-refractivity contribution in [2.45, 2.75) is 96.8 Å². The van der Waals surface area contributed by atoms with Gasteiger partial charge in [0.1, 0.15) is 5.78 Å². The number of rotatable bonds is 18. The predicted molar refractivity (Wildman–Crippen MR) is 102 cm³/mol. The van der Waals surface area contributed by atoms with E-state index in [9.17, 15) is 9.59 Å². The van der Waals surface area contributed by atoms with E-state index in [0.29, 0.717) is 12.2 Å². The maximum atomic E-state index is 11.7. The molecule has 0 aliphatic rings. The first-order valence-electron chi connectivity index (χ1n) is 10.1. The fraction of sp³-hybridized carbons (Fsp3) is 0.900. The van der Waals surface area contributed by atoms with Crippen LogP contribution in [-0.4, -0.2) is 31.8 Å². The highest BCUT2D eigenvalue weighted by Crippen LogP contribution is 2.10. The average Bonchev–Trinajstić information content (AvgIpc) is 2.55.